The summed E-state index contributed by atoms with van der Waals surface area (Å²) in [7, 11) is 2.97. The van der Waals surface area contributed by atoms with Gasteiger partial charge in [0.15, 0.2) is 17.3 Å². The van der Waals surface area contributed by atoms with E-state index in [1.165, 1.54) is 45.1 Å². The summed E-state index contributed by atoms with van der Waals surface area (Å²) in [5.74, 6) is -0.977. The number of rotatable bonds is 13. The van der Waals surface area contributed by atoms with Crippen LogP contribution in [0.25, 0.3) is 21.8 Å². The first kappa shape index (κ1) is 47.4. The predicted octanol–water partition coefficient (Wildman–Crippen LogP) is 10.8. The summed E-state index contributed by atoms with van der Waals surface area (Å²) in [6.07, 6.45) is 4.00. The van der Waals surface area contributed by atoms with Gasteiger partial charge in [-0.05, 0) is 92.6 Å². The summed E-state index contributed by atoms with van der Waals surface area (Å²) in [6, 6.07) is 12.0. The van der Waals surface area contributed by atoms with E-state index >= 15 is 17.6 Å². The molecule has 5 atom stereocenters. The molecule has 0 radical (unpaired) electrons. The highest BCUT2D eigenvalue weighted by Crippen LogP contribution is 2.55. The van der Waals surface area contributed by atoms with Crippen molar-refractivity contribution < 1.29 is 45.8 Å². The van der Waals surface area contributed by atoms with E-state index in [-0.39, 0.29) is 65.5 Å². The summed E-state index contributed by atoms with van der Waals surface area (Å²) in [6.45, 7) is 7.37. The number of hydrogen-bond donors (Lipinski definition) is 3. The molecule has 2 aromatic heterocycles. The lowest BCUT2D eigenvalue weighted by atomic mass is 9.77. The van der Waals surface area contributed by atoms with Crippen molar-refractivity contribution in [1.29, 1.82) is 0 Å². The fraction of sp³-hybridized carbons (Fsp3) is 0.333. The molecule has 368 valence electrons. The molecule has 0 aliphatic carbocycles. The highest BCUT2D eigenvalue weighted by Gasteiger charge is 2.57. The summed E-state index contributed by atoms with van der Waals surface area (Å²) < 4.78 is 93.9. The molecule has 4 bridgehead atoms. The topological polar surface area (TPSA) is 156 Å². The number of ether oxygens (including phenoxy) is 3. The van der Waals surface area contributed by atoms with Crippen LogP contribution in [0.3, 0.4) is 0 Å². The number of amides is 2. The van der Waals surface area contributed by atoms with Crippen molar-refractivity contribution in [3.05, 3.63) is 120 Å². The molecule has 4 fully saturated rings. The summed E-state index contributed by atoms with van der Waals surface area (Å²) in [5.41, 5.74) is -1.18. The summed E-state index contributed by atoms with van der Waals surface area (Å²) >= 11 is 5.85. The van der Waals surface area contributed by atoms with Gasteiger partial charge in [0.05, 0.1) is 47.7 Å². The highest BCUT2D eigenvalue weighted by atomic mass is 35.5. The van der Waals surface area contributed by atoms with Crippen LogP contribution in [0.2, 0.25) is 5.02 Å². The van der Waals surface area contributed by atoms with Gasteiger partial charge in [-0.15, -0.1) is 0 Å². The van der Waals surface area contributed by atoms with Gasteiger partial charge in [-0.1, -0.05) is 30.8 Å². The average Bonchev–Trinajstić information content (AvgIpc) is 3.78. The van der Waals surface area contributed by atoms with E-state index in [4.69, 9.17) is 25.8 Å². The number of piperidine rings is 2. The fourth-order valence-electron chi connectivity index (χ4n) is 11.3. The van der Waals surface area contributed by atoms with Gasteiger partial charge < -0.3 is 40.0 Å². The van der Waals surface area contributed by atoms with Crippen LogP contribution < -0.4 is 30.2 Å². The molecule has 71 heavy (non-hydrogen) atoms. The van der Waals surface area contributed by atoms with Gasteiger partial charge in [0, 0.05) is 65.6 Å². The van der Waals surface area contributed by atoms with Gasteiger partial charge in [-0.25, -0.2) is 28.7 Å². The number of fused-ring (bicyclic) bond motifs is 6. The molecule has 6 heterocycles. The van der Waals surface area contributed by atoms with E-state index in [0.717, 1.165) is 31.1 Å². The Hall–Kier alpha value is -7.28. The zero-order chi connectivity index (χ0) is 49.9. The number of anilines is 5. The molecule has 4 aliphatic heterocycles. The standard InChI is InChI=1S/C51H47ClF5N9O5/c1-5-44(67)65-28-8-9-29(65)18-31(17-28)71-43-20-33-39(22-42(43)70-4)59-24-60-48(33)63-26-7-10-34(35(16-26)51(55,56)57)50-14-13-30(66(50)45(68)6-2)15-27(23-50)62-40-19-32-38(21-41(40)69-3)58-25-61-49(32)64-37-12-11-36(53)46(52)47(37)54/h5-7,10-12,16,19-22,24-25,27-31,62H,1-2,8-9,13-15,17-18,23H2,3-4H3,(H,58,61,64)(H,59,60,63). The first-order valence-electron chi connectivity index (χ1n) is 23.0. The maximum Gasteiger partial charge on any atom is 0.416 e. The molecule has 20 heteroatoms. The Morgan fingerprint density at radius 2 is 1.44 bits per heavy atom. The molecular formula is C51H47ClF5N9O5. The van der Waals surface area contributed by atoms with Crippen LogP contribution in [0.5, 0.6) is 17.2 Å². The van der Waals surface area contributed by atoms with Gasteiger partial charge >= 0.3 is 6.18 Å². The molecule has 0 spiro atoms. The van der Waals surface area contributed by atoms with E-state index in [9.17, 15) is 14.0 Å². The second-order valence-corrected chi connectivity index (χ2v) is 18.6. The summed E-state index contributed by atoms with van der Waals surface area (Å²) in [4.78, 5) is 47.3. The molecular weight excluding hydrogens is 949 g/mol. The maximum absolute atomic E-state index is 15.6. The van der Waals surface area contributed by atoms with Crippen molar-refractivity contribution in [2.24, 2.45) is 0 Å². The van der Waals surface area contributed by atoms with Gasteiger partial charge in [0.2, 0.25) is 11.8 Å². The lowest BCUT2D eigenvalue weighted by Gasteiger charge is -2.49. The molecule has 6 aromatic rings. The van der Waals surface area contributed by atoms with Crippen LogP contribution in [-0.2, 0) is 21.3 Å². The Morgan fingerprint density at radius 3 is 2.10 bits per heavy atom. The van der Waals surface area contributed by atoms with E-state index < -0.39 is 51.9 Å². The van der Waals surface area contributed by atoms with Crippen molar-refractivity contribution in [2.75, 3.05) is 30.2 Å². The highest BCUT2D eigenvalue weighted by molar-refractivity contribution is 6.31. The number of hydrogen-bond acceptors (Lipinski definition) is 12. The first-order chi connectivity index (χ1) is 34.1. The predicted molar refractivity (Wildman–Crippen MR) is 257 cm³/mol. The van der Waals surface area contributed by atoms with Crippen LogP contribution in [0.15, 0.2) is 92.6 Å². The Labute approximate surface area is 409 Å². The van der Waals surface area contributed by atoms with E-state index in [1.807, 2.05) is 4.90 Å². The van der Waals surface area contributed by atoms with Crippen molar-refractivity contribution in [3.8, 4) is 17.2 Å². The third kappa shape index (κ3) is 8.52. The Kier molecular flexibility index (Phi) is 12.3. The number of halogens is 6. The molecule has 10 rings (SSSR count). The number of alkyl halides is 3. The Balaban J connectivity index is 0.967. The molecule has 2 amide bonds. The smallest absolute Gasteiger partial charge is 0.416 e. The van der Waals surface area contributed by atoms with Crippen molar-refractivity contribution in [1.82, 2.24) is 29.7 Å². The normalized spacial score (nSPS) is 22.6. The zero-order valence-electron chi connectivity index (χ0n) is 38.5. The monoisotopic (exact) mass is 995 g/mol. The number of aromatic nitrogens is 4. The van der Waals surface area contributed by atoms with Gasteiger partial charge in [-0.3, -0.25) is 9.59 Å². The lowest BCUT2D eigenvalue weighted by Crippen LogP contribution is -2.56. The molecule has 4 aliphatic rings. The molecule has 14 nitrogen and oxygen atoms in total. The average molecular weight is 996 g/mol. The quantitative estimate of drug-likeness (QED) is 0.0573. The summed E-state index contributed by atoms with van der Waals surface area (Å²) in [5, 5.41) is 9.66. The first-order valence-corrected chi connectivity index (χ1v) is 23.4. The lowest BCUT2D eigenvalue weighted by molar-refractivity contribution is -0.144. The molecule has 4 saturated heterocycles. The van der Waals surface area contributed by atoms with Crippen molar-refractivity contribution >= 4 is 73.9 Å². The van der Waals surface area contributed by atoms with Gasteiger partial charge in [0.25, 0.3) is 0 Å². The van der Waals surface area contributed by atoms with Crippen LogP contribution in [0.4, 0.5) is 50.6 Å². The number of methoxy groups -OCH3 is 2. The Morgan fingerprint density at radius 1 is 0.775 bits per heavy atom. The number of carbonyl (C=O) groups excluding carboxylic acids is 2. The minimum absolute atomic E-state index is 0.0145. The molecule has 3 N–H and O–H groups in total. The Bertz CT molecular complexity index is 3130. The largest absolute Gasteiger partial charge is 0.495 e. The number of nitrogens with zero attached hydrogens (tertiary/aromatic N) is 6. The van der Waals surface area contributed by atoms with Gasteiger partial charge in [0.1, 0.15) is 47.0 Å². The number of nitrogens with one attached hydrogen (secondary N) is 3. The fourth-order valence-corrected chi connectivity index (χ4v) is 11.5. The van der Waals surface area contributed by atoms with Crippen LogP contribution >= 0.6 is 11.6 Å². The van der Waals surface area contributed by atoms with Crippen LogP contribution in [0.1, 0.15) is 62.5 Å². The van der Waals surface area contributed by atoms with E-state index in [0.29, 0.717) is 70.4 Å². The number of benzene rings is 4. The second-order valence-electron chi connectivity index (χ2n) is 18.2. The maximum atomic E-state index is 15.6. The SMILES string of the molecule is C=CC(=O)N1C2CCC1CC(Oc1cc3c(Nc4ccc(C56CCC(CC(Nc7cc8c(Nc9ccc(F)c(Cl)c9F)ncnc8cc7OC)C5)N6C(=O)C=C)c(C(F)(F)F)c4)ncnc3cc1OC)C2. The minimum atomic E-state index is -4.87. The number of carbonyl (C=O) groups is 2. The van der Waals surface area contributed by atoms with Crippen LogP contribution in [0, 0.1) is 11.6 Å². The third-order valence-electron chi connectivity index (χ3n) is 14.3. The van der Waals surface area contributed by atoms with Gasteiger partial charge in [-0.2, -0.15) is 13.2 Å². The van der Waals surface area contributed by atoms with Crippen LogP contribution in [-0.4, -0.2) is 86.0 Å². The second kappa shape index (κ2) is 18.5. The minimum Gasteiger partial charge on any atom is -0.495 e. The van der Waals surface area contributed by atoms with Crippen molar-refractivity contribution in [3.63, 3.8) is 0 Å². The van der Waals surface area contributed by atoms with E-state index in [2.05, 4.69) is 49.0 Å². The molecule has 5 unspecified atom stereocenters. The van der Waals surface area contributed by atoms with Crippen molar-refractivity contribution in [2.45, 2.75) is 93.4 Å². The van der Waals surface area contributed by atoms with E-state index in [1.54, 1.807) is 35.2 Å². The zero-order valence-corrected chi connectivity index (χ0v) is 39.2. The third-order valence-corrected chi connectivity index (χ3v) is 14.6. The molecule has 0 saturated carbocycles. The molecule has 4 aromatic carbocycles.